The zero-order valence-electron chi connectivity index (χ0n) is 26.3. The molecule has 0 aromatic heterocycles. The molecule has 1 heterocycles. The third-order valence-electron chi connectivity index (χ3n) is 9.94. The molecule has 0 atom stereocenters. The summed E-state index contributed by atoms with van der Waals surface area (Å²) < 4.78 is 24.3. The number of methoxy groups -OCH3 is 3. The lowest BCUT2D eigenvalue weighted by Gasteiger charge is -2.39. The van der Waals surface area contributed by atoms with E-state index in [1.54, 1.807) is 21.3 Å². The van der Waals surface area contributed by atoms with Gasteiger partial charge in [-0.05, 0) is 95.9 Å². The molecule has 44 heavy (non-hydrogen) atoms. The fourth-order valence-corrected chi connectivity index (χ4v) is 7.57. The predicted molar refractivity (Wildman–Crippen MR) is 178 cm³/mol. The third-order valence-corrected chi connectivity index (χ3v) is 9.94. The standard InChI is InChI=1S/C40H38O4/c1-7-39(8-2)35-23-25(3)9-19-32(35)36-31-20-18-30(43-6)24-34(31)38-33(37(36)39)21-22-40(44-38,26-10-14-28(41-4)15-11-26)27-12-16-29(42-5)17-13-27/h9-24H,7-8H2,1-6H3. The fourth-order valence-electron chi connectivity index (χ4n) is 7.57. The summed E-state index contributed by atoms with van der Waals surface area (Å²) in [7, 11) is 5.10. The quantitative estimate of drug-likeness (QED) is 0.191. The maximum Gasteiger partial charge on any atom is 0.178 e. The first-order valence-corrected chi connectivity index (χ1v) is 15.4. The van der Waals surface area contributed by atoms with E-state index in [1.165, 1.54) is 33.2 Å². The maximum absolute atomic E-state index is 7.46. The highest BCUT2D eigenvalue weighted by molar-refractivity contribution is 6.09. The van der Waals surface area contributed by atoms with Crippen LogP contribution in [0.2, 0.25) is 0 Å². The van der Waals surface area contributed by atoms with Crippen LogP contribution < -0.4 is 18.9 Å². The van der Waals surface area contributed by atoms with Crippen molar-refractivity contribution in [3.63, 3.8) is 0 Å². The van der Waals surface area contributed by atoms with Crippen LogP contribution in [0.15, 0.2) is 91.0 Å². The van der Waals surface area contributed by atoms with Crippen molar-refractivity contribution in [3.8, 4) is 34.1 Å². The molecule has 0 fully saturated rings. The molecule has 0 N–H and O–H groups in total. The lowest BCUT2D eigenvalue weighted by molar-refractivity contribution is 0.163. The highest BCUT2D eigenvalue weighted by atomic mass is 16.5. The fraction of sp³-hybridized carbons (Fsp3) is 0.250. The summed E-state index contributed by atoms with van der Waals surface area (Å²) in [4.78, 5) is 0. The van der Waals surface area contributed by atoms with Gasteiger partial charge in [0.2, 0.25) is 0 Å². The molecule has 0 amide bonds. The van der Waals surface area contributed by atoms with Crippen molar-refractivity contribution in [3.05, 3.63) is 124 Å². The van der Waals surface area contributed by atoms with Crippen LogP contribution >= 0.6 is 0 Å². The average molecular weight is 583 g/mol. The molecule has 1 aliphatic heterocycles. The first kappa shape index (κ1) is 28.1. The van der Waals surface area contributed by atoms with Gasteiger partial charge in [0.1, 0.15) is 23.0 Å². The van der Waals surface area contributed by atoms with Crippen molar-refractivity contribution >= 4 is 16.8 Å². The minimum Gasteiger partial charge on any atom is -0.497 e. The van der Waals surface area contributed by atoms with Crippen LogP contribution in [0, 0.1) is 6.92 Å². The molecule has 1 aliphatic carbocycles. The topological polar surface area (TPSA) is 36.9 Å². The molecule has 0 bridgehead atoms. The van der Waals surface area contributed by atoms with Crippen LogP contribution in [0.3, 0.4) is 0 Å². The Bertz CT molecular complexity index is 1860. The van der Waals surface area contributed by atoms with Crippen LogP contribution in [0.5, 0.6) is 23.0 Å². The van der Waals surface area contributed by atoms with E-state index in [0.717, 1.165) is 57.9 Å². The van der Waals surface area contributed by atoms with E-state index < -0.39 is 5.60 Å². The smallest absolute Gasteiger partial charge is 0.178 e. The number of benzene rings is 5. The molecular weight excluding hydrogens is 544 g/mol. The SMILES string of the molecule is CCC1(CC)c2cc(C)ccc2-c2c1c1c(c3cc(OC)ccc23)OC(c2ccc(OC)cc2)(c2ccc(OC)cc2)C=C1. The second kappa shape index (κ2) is 10.5. The summed E-state index contributed by atoms with van der Waals surface area (Å²) in [6.45, 7) is 6.84. The van der Waals surface area contributed by atoms with Gasteiger partial charge in [-0.25, -0.2) is 0 Å². The first-order valence-electron chi connectivity index (χ1n) is 15.4. The number of rotatable bonds is 7. The van der Waals surface area contributed by atoms with Crippen molar-refractivity contribution in [1.82, 2.24) is 0 Å². The molecule has 222 valence electrons. The van der Waals surface area contributed by atoms with E-state index in [-0.39, 0.29) is 5.41 Å². The Labute approximate surface area is 259 Å². The molecule has 0 unspecified atom stereocenters. The van der Waals surface area contributed by atoms with Gasteiger partial charge in [0.25, 0.3) is 0 Å². The van der Waals surface area contributed by atoms with Gasteiger partial charge in [-0.1, -0.05) is 68.0 Å². The minimum absolute atomic E-state index is 0.122. The number of hydrogen-bond acceptors (Lipinski definition) is 4. The molecule has 5 aromatic carbocycles. The van der Waals surface area contributed by atoms with Gasteiger partial charge in [0, 0.05) is 27.5 Å². The third kappa shape index (κ3) is 3.90. The average Bonchev–Trinajstić information content (AvgIpc) is 3.37. The van der Waals surface area contributed by atoms with E-state index in [2.05, 4.69) is 93.6 Å². The summed E-state index contributed by atoms with van der Waals surface area (Å²) in [6.07, 6.45) is 6.54. The Morgan fingerprint density at radius 1 is 0.659 bits per heavy atom. The van der Waals surface area contributed by atoms with Crippen LogP contribution in [0.4, 0.5) is 0 Å². The van der Waals surface area contributed by atoms with Crippen LogP contribution in [-0.2, 0) is 11.0 Å². The summed E-state index contributed by atoms with van der Waals surface area (Å²) in [5.74, 6) is 3.28. The molecule has 7 rings (SSSR count). The minimum atomic E-state index is -0.876. The molecule has 2 aliphatic rings. The number of ether oxygens (including phenoxy) is 4. The van der Waals surface area contributed by atoms with Gasteiger partial charge < -0.3 is 18.9 Å². The Balaban J connectivity index is 1.57. The molecule has 0 radical (unpaired) electrons. The Kier molecular flexibility index (Phi) is 6.69. The zero-order valence-corrected chi connectivity index (χ0v) is 26.3. The molecule has 4 nitrogen and oxygen atoms in total. The molecule has 0 saturated carbocycles. The predicted octanol–water partition coefficient (Wildman–Crippen LogP) is 9.61. The van der Waals surface area contributed by atoms with Gasteiger partial charge in [-0.3, -0.25) is 0 Å². The summed E-state index contributed by atoms with van der Waals surface area (Å²) in [6, 6.07) is 29.7. The second-order valence-corrected chi connectivity index (χ2v) is 11.9. The maximum atomic E-state index is 7.46. The van der Waals surface area contributed by atoms with Crippen LogP contribution in [0.1, 0.15) is 60.1 Å². The van der Waals surface area contributed by atoms with Gasteiger partial charge in [-0.15, -0.1) is 0 Å². The van der Waals surface area contributed by atoms with E-state index >= 15 is 0 Å². The van der Waals surface area contributed by atoms with Crippen LogP contribution in [0.25, 0.3) is 28.0 Å². The molecule has 4 heteroatoms. The van der Waals surface area contributed by atoms with Crippen molar-refractivity contribution in [2.24, 2.45) is 0 Å². The van der Waals surface area contributed by atoms with E-state index in [1.807, 2.05) is 24.3 Å². The van der Waals surface area contributed by atoms with E-state index in [4.69, 9.17) is 18.9 Å². The zero-order chi connectivity index (χ0) is 30.6. The molecule has 0 saturated heterocycles. The van der Waals surface area contributed by atoms with E-state index in [0.29, 0.717) is 0 Å². The largest absolute Gasteiger partial charge is 0.497 e. The number of hydrogen-bond donors (Lipinski definition) is 0. The van der Waals surface area contributed by atoms with Crippen LogP contribution in [-0.4, -0.2) is 21.3 Å². The molecule has 0 spiro atoms. The second-order valence-electron chi connectivity index (χ2n) is 11.9. The van der Waals surface area contributed by atoms with Gasteiger partial charge in [0.05, 0.1) is 21.3 Å². The van der Waals surface area contributed by atoms with Crippen molar-refractivity contribution < 1.29 is 18.9 Å². The Hall–Kier alpha value is -4.70. The Morgan fingerprint density at radius 2 is 1.25 bits per heavy atom. The van der Waals surface area contributed by atoms with Crippen molar-refractivity contribution in [2.75, 3.05) is 21.3 Å². The van der Waals surface area contributed by atoms with Gasteiger partial charge in [0.15, 0.2) is 5.60 Å². The Morgan fingerprint density at radius 3 is 1.82 bits per heavy atom. The summed E-state index contributed by atoms with van der Waals surface area (Å²) in [5, 5.41) is 2.23. The van der Waals surface area contributed by atoms with Gasteiger partial charge >= 0.3 is 0 Å². The van der Waals surface area contributed by atoms with Gasteiger partial charge in [-0.2, -0.15) is 0 Å². The van der Waals surface area contributed by atoms with Crippen molar-refractivity contribution in [2.45, 2.75) is 44.6 Å². The molecule has 5 aromatic rings. The monoisotopic (exact) mass is 582 g/mol. The summed E-state index contributed by atoms with van der Waals surface area (Å²) in [5.41, 5.74) is 8.88. The number of aryl methyl sites for hydroxylation is 1. The first-order chi connectivity index (χ1) is 21.4. The summed E-state index contributed by atoms with van der Waals surface area (Å²) >= 11 is 0. The molecular formula is C40H38O4. The normalized spacial score (nSPS) is 15.2. The highest BCUT2D eigenvalue weighted by Crippen LogP contribution is 2.60. The number of fused-ring (bicyclic) bond motifs is 8. The van der Waals surface area contributed by atoms with Crippen molar-refractivity contribution in [1.29, 1.82) is 0 Å². The lowest BCUT2D eigenvalue weighted by Crippen LogP contribution is -2.35. The highest BCUT2D eigenvalue weighted by Gasteiger charge is 2.47. The van der Waals surface area contributed by atoms with E-state index in [9.17, 15) is 0 Å². The lowest BCUT2D eigenvalue weighted by atomic mass is 9.71.